The number of pyridine rings is 1. The summed E-state index contributed by atoms with van der Waals surface area (Å²) < 4.78 is 13.1. The Morgan fingerprint density at radius 1 is 0.938 bits per heavy atom. The van der Waals surface area contributed by atoms with E-state index in [9.17, 15) is 4.39 Å². The van der Waals surface area contributed by atoms with Crippen LogP contribution >= 0.6 is 0 Å². The summed E-state index contributed by atoms with van der Waals surface area (Å²) in [6, 6.07) is 12.7. The Kier molecular flexibility index (Phi) is 1.90. The topological polar surface area (TPSA) is 12.9 Å². The van der Waals surface area contributed by atoms with Crippen LogP contribution < -0.4 is 0 Å². The van der Waals surface area contributed by atoms with Gasteiger partial charge in [-0.3, -0.25) is 0 Å². The Hall–Kier alpha value is -1.96. The molecule has 0 N–H and O–H groups in total. The third kappa shape index (κ3) is 1.27. The van der Waals surface area contributed by atoms with Gasteiger partial charge in [0.1, 0.15) is 5.82 Å². The summed E-state index contributed by atoms with van der Waals surface area (Å²) in [6.45, 7) is 2.05. The molecule has 0 unspecified atom stereocenters. The molecule has 0 aliphatic carbocycles. The van der Waals surface area contributed by atoms with Gasteiger partial charge in [0.2, 0.25) is 0 Å². The highest BCUT2D eigenvalue weighted by Crippen LogP contribution is 2.25. The number of benzene rings is 2. The molecule has 1 aromatic heterocycles. The zero-order valence-corrected chi connectivity index (χ0v) is 8.87. The number of hydrogen-bond donors (Lipinski definition) is 0. The monoisotopic (exact) mass is 211 g/mol. The molecule has 0 saturated carbocycles. The van der Waals surface area contributed by atoms with Crippen molar-refractivity contribution in [2.24, 2.45) is 0 Å². The zero-order chi connectivity index (χ0) is 11.1. The average molecular weight is 211 g/mol. The summed E-state index contributed by atoms with van der Waals surface area (Å²) >= 11 is 0. The minimum atomic E-state index is -0.241. The Bertz CT molecular complexity index is 689. The van der Waals surface area contributed by atoms with Gasteiger partial charge in [0.15, 0.2) is 0 Å². The number of rotatable bonds is 0. The number of para-hydroxylation sites is 1. The fraction of sp³-hybridized carbons (Fsp3) is 0.0714. The van der Waals surface area contributed by atoms with Crippen LogP contribution in [0.4, 0.5) is 4.39 Å². The number of fused-ring (bicyclic) bond motifs is 2. The van der Waals surface area contributed by atoms with E-state index in [1.54, 1.807) is 6.07 Å². The molecule has 0 spiro atoms. The molecular weight excluding hydrogens is 201 g/mol. The highest BCUT2D eigenvalue weighted by atomic mass is 19.1. The standard InChI is InChI=1S/C14H10FN/c1-9-11-4-2-3-5-13(11)16-14-8-10(15)6-7-12(9)14/h2-8H,1H3. The van der Waals surface area contributed by atoms with Gasteiger partial charge in [-0.15, -0.1) is 0 Å². The van der Waals surface area contributed by atoms with Gasteiger partial charge in [0.25, 0.3) is 0 Å². The van der Waals surface area contributed by atoms with E-state index in [2.05, 4.69) is 4.98 Å². The van der Waals surface area contributed by atoms with Gasteiger partial charge in [-0.05, 0) is 30.7 Å². The van der Waals surface area contributed by atoms with E-state index in [1.807, 2.05) is 31.2 Å². The van der Waals surface area contributed by atoms with E-state index in [1.165, 1.54) is 12.1 Å². The summed E-state index contributed by atoms with van der Waals surface area (Å²) in [6.07, 6.45) is 0. The van der Waals surface area contributed by atoms with Crippen LogP contribution in [-0.4, -0.2) is 4.98 Å². The van der Waals surface area contributed by atoms with Crippen molar-refractivity contribution in [2.45, 2.75) is 6.92 Å². The maximum atomic E-state index is 13.1. The second kappa shape index (κ2) is 3.27. The third-order valence-electron chi connectivity index (χ3n) is 2.91. The van der Waals surface area contributed by atoms with Gasteiger partial charge in [-0.25, -0.2) is 9.37 Å². The Morgan fingerprint density at radius 2 is 1.69 bits per heavy atom. The molecule has 1 heterocycles. The predicted molar refractivity (Wildman–Crippen MR) is 63.9 cm³/mol. The lowest BCUT2D eigenvalue weighted by Gasteiger charge is -2.06. The van der Waals surface area contributed by atoms with Crippen LogP contribution in [0.25, 0.3) is 21.8 Å². The number of halogens is 1. The first kappa shape index (κ1) is 9.28. The van der Waals surface area contributed by atoms with Crippen LogP contribution in [0.1, 0.15) is 5.56 Å². The minimum absolute atomic E-state index is 0.241. The lowest BCUT2D eigenvalue weighted by atomic mass is 10.0. The normalized spacial score (nSPS) is 11.1. The molecule has 16 heavy (non-hydrogen) atoms. The van der Waals surface area contributed by atoms with Crippen LogP contribution in [-0.2, 0) is 0 Å². The number of aromatic nitrogens is 1. The second-order valence-corrected chi connectivity index (χ2v) is 3.92. The Morgan fingerprint density at radius 3 is 2.56 bits per heavy atom. The fourth-order valence-electron chi connectivity index (χ4n) is 2.08. The van der Waals surface area contributed by atoms with E-state index >= 15 is 0 Å². The number of aryl methyl sites for hydroxylation is 1. The van der Waals surface area contributed by atoms with E-state index in [0.29, 0.717) is 0 Å². The van der Waals surface area contributed by atoms with Gasteiger partial charge in [0.05, 0.1) is 11.0 Å². The molecule has 0 aliphatic rings. The van der Waals surface area contributed by atoms with E-state index in [4.69, 9.17) is 0 Å². The summed E-state index contributed by atoms with van der Waals surface area (Å²) in [5.41, 5.74) is 2.79. The van der Waals surface area contributed by atoms with Gasteiger partial charge < -0.3 is 0 Å². The first-order valence-corrected chi connectivity index (χ1v) is 5.20. The first-order valence-electron chi connectivity index (χ1n) is 5.20. The number of nitrogens with zero attached hydrogens (tertiary/aromatic N) is 1. The van der Waals surface area contributed by atoms with E-state index < -0.39 is 0 Å². The smallest absolute Gasteiger partial charge is 0.125 e. The third-order valence-corrected chi connectivity index (χ3v) is 2.91. The lowest BCUT2D eigenvalue weighted by Crippen LogP contribution is -1.88. The summed E-state index contributed by atoms with van der Waals surface area (Å²) in [4.78, 5) is 4.46. The van der Waals surface area contributed by atoms with Crippen molar-refractivity contribution in [3.63, 3.8) is 0 Å². The molecule has 1 nitrogen and oxygen atoms in total. The molecule has 78 valence electrons. The highest BCUT2D eigenvalue weighted by molar-refractivity contribution is 5.96. The van der Waals surface area contributed by atoms with E-state index in [0.717, 1.165) is 27.4 Å². The molecule has 0 aliphatic heterocycles. The average Bonchev–Trinajstić information content (AvgIpc) is 2.29. The largest absolute Gasteiger partial charge is 0.248 e. The van der Waals surface area contributed by atoms with Gasteiger partial charge >= 0.3 is 0 Å². The molecule has 0 atom stereocenters. The second-order valence-electron chi connectivity index (χ2n) is 3.92. The Balaban J connectivity index is 2.55. The van der Waals surface area contributed by atoms with Gasteiger partial charge in [0, 0.05) is 16.8 Å². The predicted octanol–water partition coefficient (Wildman–Crippen LogP) is 3.84. The van der Waals surface area contributed by atoms with Crippen molar-refractivity contribution in [2.75, 3.05) is 0 Å². The zero-order valence-electron chi connectivity index (χ0n) is 8.87. The summed E-state index contributed by atoms with van der Waals surface area (Å²) in [5, 5.41) is 2.14. The maximum Gasteiger partial charge on any atom is 0.125 e. The molecule has 0 saturated heterocycles. The molecule has 0 fully saturated rings. The van der Waals surface area contributed by atoms with Crippen LogP contribution in [0.2, 0.25) is 0 Å². The molecule has 2 aromatic carbocycles. The van der Waals surface area contributed by atoms with Crippen molar-refractivity contribution >= 4 is 21.8 Å². The van der Waals surface area contributed by atoms with Crippen LogP contribution in [0, 0.1) is 12.7 Å². The van der Waals surface area contributed by atoms with E-state index in [-0.39, 0.29) is 5.82 Å². The highest BCUT2D eigenvalue weighted by Gasteiger charge is 2.05. The Labute approximate surface area is 92.5 Å². The molecule has 3 rings (SSSR count). The molecule has 3 aromatic rings. The van der Waals surface area contributed by atoms with Crippen molar-refractivity contribution in [3.05, 3.63) is 53.8 Å². The maximum absolute atomic E-state index is 13.1. The minimum Gasteiger partial charge on any atom is -0.248 e. The SMILES string of the molecule is Cc1c2ccccc2nc2cc(F)ccc12. The van der Waals surface area contributed by atoms with Crippen LogP contribution in [0.3, 0.4) is 0 Å². The molecule has 0 amide bonds. The molecular formula is C14H10FN. The van der Waals surface area contributed by atoms with Crippen molar-refractivity contribution in [1.29, 1.82) is 0 Å². The van der Waals surface area contributed by atoms with Crippen molar-refractivity contribution < 1.29 is 4.39 Å². The van der Waals surface area contributed by atoms with Gasteiger partial charge in [-0.1, -0.05) is 18.2 Å². The van der Waals surface area contributed by atoms with Crippen LogP contribution in [0.5, 0.6) is 0 Å². The molecule has 0 bridgehead atoms. The van der Waals surface area contributed by atoms with Gasteiger partial charge in [-0.2, -0.15) is 0 Å². The molecule has 0 radical (unpaired) electrons. The first-order chi connectivity index (χ1) is 7.75. The quantitative estimate of drug-likeness (QED) is 0.515. The van der Waals surface area contributed by atoms with Crippen molar-refractivity contribution in [1.82, 2.24) is 4.98 Å². The van der Waals surface area contributed by atoms with Crippen LogP contribution in [0.15, 0.2) is 42.5 Å². The number of hydrogen-bond acceptors (Lipinski definition) is 1. The lowest BCUT2D eigenvalue weighted by molar-refractivity contribution is 0.629. The van der Waals surface area contributed by atoms with Crippen molar-refractivity contribution in [3.8, 4) is 0 Å². The molecule has 2 heteroatoms. The summed E-state index contributed by atoms with van der Waals surface area (Å²) in [7, 11) is 0. The fourth-order valence-corrected chi connectivity index (χ4v) is 2.08. The summed E-state index contributed by atoms with van der Waals surface area (Å²) in [5.74, 6) is -0.241.